The number of hydrogen-bond donors (Lipinski definition) is 0. The quantitative estimate of drug-likeness (QED) is 0.302. The molecule has 0 bridgehead atoms. The van der Waals surface area contributed by atoms with E-state index < -0.39 is 0 Å². The number of carbonyl (C=O) groups excluding carboxylic acids is 1. The van der Waals surface area contributed by atoms with Crippen molar-refractivity contribution < 1.29 is 4.79 Å². The van der Waals surface area contributed by atoms with Crippen molar-refractivity contribution in [2.24, 2.45) is 5.41 Å². The predicted octanol–water partition coefficient (Wildman–Crippen LogP) is 5.55. The third kappa shape index (κ3) is 10.0. The van der Waals surface area contributed by atoms with E-state index in [2.05, 4.69) is 29.5 Å². The van der Waals surface area contributed by atoms with Gasteiger partial charge in [0.25, 0.3) is 0 Å². The molecule has 0 aliphatic carbocycles. The number of hydrogen-bond acceptors (Lipinski definition) is 1. The fourth-order valence-corrected chi connectivity index (χ4v) is 2.60. The molecule has 2 heteroatoms. The van der Waals surface area contributed by atoms with Gasteiger partial charge in [0.1, 0.15) is 5.78 Å². The zero-order chi connectivity index (χ0) is 13.3. The summed E-state index contributed by atoms with van der Waals surface area (Å²) < 4.78 is 0.533. The van der Waals surface area contributed by atoms with Crippen LogP contribution in [0.25, 0.3) is 0 Å². The monoisotopic (exact) mass is 352 g/mol. The molecule has 0 saturated carbocycles. The highest BCUT2D eigenvalue weighted by molar-refractivity contribution is 14.1. The van der Waals surface area contributed by atoms with Crippen molar-refractivity contribution in [2.45, 2.75) is 83.0 Å². The SMILES string of the molecule is CCCCCCCCC(I)CC(=O)C(C)(C)C. The van der Waals surface area contributed by atoms with Crippen LogP contribution in [0, 0.1) is 5.41 Å². The van der Waals surface area contributed by atoms with E-state index in [4.69, 9.17) is 0 Å². The number of rotatable bonds is 9. The minimum Gasteiger partial charge on any atom is -0.299 e. The van der Waals surface area contributed by atoms with Gasteiger partial charge >= 0.3 is 0 Å². The maximum absolute atomic E-state index is 11.8. The summed E-state index contributed by atoms with van der Waals surface area (Å²) >= 11 is 2.44. The fourth-order valence-electron chi connectivity index (χ4n) is 1.76. The Morgan fingerprint density at radius 2 is 1.59 bits per heavy atom. The second-order valence-electron chi connectivity index (χ2n) is 6.03. The molecular formula is C15H29IO. The van der Waals surface area contributed by atoms with E-state index in [0.717, 1.165) is 6.42 Å². The Bertz CT molecular complexity index is 205. The van der Waals surface area contributed by atoms with Crippen LogP contribution >= 0.6 is 22.6 Å². The van der Waals surface area contributed by atoms with Gasteiger partial charge in [-0.25, -0.2) is 0 Å². The van der Waals surface area contributed by atoms with Gasteiger partial charge in [0.05, 0.1) is 0 Å². The molecule has 0 aromatic rings. The highest BCUT2D eigenvalue weighted by Gasteiger charge is 2.23. The van der Waals surface area contributed by atoms with Crippen molar-refractivity contribution >= 4 is 28.4 Å². The van der Waals surface area contributed by atoms with Crippen molar-refractivity contribution in [2.75, 3.05) is 0 Å². The lowest BCUT2D eigenvalue weighted by Crippen LogP contribution is -2.23. The number of ketones is 1. The van der Waals surface area contributed by atoms with Crippen LogP contribution in [-0.4, -0.2) is 9.71 Å². The van der Waals surface area contributed by atoms with Gasteiger partial charge in [-0.2, -0.15) is 0 Å². The molecule has 1 atom stereocenters. The van der Waals surface area contributed by atoms with E-state index in [-0.39, 0.29) is 5.41 Å². The topological polar surface area (TPSA) is 17.1 Å². The zero-order valence-corrected chi connectivity index (χ0v) is 14.2. The molecule has 0 aromatic carbocycles. The fraction of sp³-hybridized carbons (Fsp3) is 0.933. The van der Waals surface area contributed by atoms with Gasteiger partial charge in [0.2, 0.25) is 0 Å². The Hall–Kier alpha value is 0.400. The summed E-state index contributed by atoms with van der Waals surface area (Å²) in [6.07, 6.45) is 10.0. The van der Waals surface area contributed by atoms with Gasteiger partial charge in [-0.3, -0.25) is 4.79 Å². The third-order valence-electron chi connectivity index (χ3n) is 3.11. The minimum atomic E-state index is -0.162. The van der Waals surface area contributed by atoms with E-state index in [1.54, 1.807) is 0 Å². The first-order valence-electron chi connectivity index (χ1n) is 7.05. The number of alkyl halides is 1. The lowest BCUT2D eigenvalue weighted by atomic mass is 9.87. The molecule has 0 amide bonds. The molecule has 0 heterocycles. The maximum atomic E-state index is 11.8. The van der Waals surface area contributed by atoms with Gasteiger partial charge in [-0.1, -0.05) is 88.8 Å². The van der Waals surface area contributed by atoms with Crippen LogP contribution in [0.5, 0.6) is 0 Å². The van der Waals surface area contributed by atoms with E-state index >= 15 is 0 Å². The lowest BCUT2D eigenvalue weighted by molar-refractivity contribution is -0.126. The first kappa shape index (κ1) is 17.4. The third-order valence-corrected chi connectivity index (χ3v) is 4.18. The zero-order valence-electron chi connectivity index (χ0n) is 12.0. The molecule has 0 fully saturated rings. The van der Waals surface area contributed by atoms with Crippen molar-refractivity contribution in [3.8, 4) is 0 Å². The first-order chi connectivity index (χ1) is 7.88. The molecule has 0 aromatic heterocycles. The molecule has 102 valence electrons. The molecule has 0 rings (SSSR count). The minimum absolute atomic E-state index is 0.162. The van der Waals surface area contributed by atoms with Crippen molar-refractivity contribution in [3.63, 3.8) is 0 Å². The van der Waals surface area contributed by atoms with Gasteiger partial charge in [0, 0.05) is 15.8 Å². The van der Waals surface area contributed by atoms with Gasteiger partial charge in [0.15, 0.2) is 0 Å². The number of unbranched alkanes of at least 4 members (excludes halogenated alkanes) is 5. The summed E-state index contributed by atoms with van der Waals surface area (Å²) in [5.74, 6) is 0.405. The highest BCUT2D eigenvalue weighted by Crippen LogP contribution is 2.23. The normalized spacial score (nSPS) is 13.7. The van der Waals surface area contributed by atoms with Crippen LogP contribution in [0.2, 0.25) is 0 Å². The van der Waals surface area contributed by atoms with Crippen molar-refractivity contribution in [1.29, 1.82) is 0 Å². The Kier molecular flexibility index (Phi) is 9.57. The Balaban J connectivity index is 3.53. The molecule has 0 spiro atoms. The van der Waals surface area contributed by atoms with E-state index in [1.807, 2.05) is 20.8 Å². The summed E-state index contributed by atoms with van der Waals surface area (Å²) in [5.41, 5.74) is -0.162. The first-order valence-corrected chi connectivity index (χ1v) is 8.30. The van der Waals surface area contributed by atoms with Crippen LogP contribution in [0.1, 0.15) is 79.1 Å². The Labute approximate surface area is 121 Å². The summed E-state index contributed by atoms with van der Waals surface area (Å²) in [5, 5.41) is 0. The van der Waals surface area contributed by atoms with Crippen LogP contribution in [-0.2, 0) is 4.79 Å². The highest BCUT2D eigenvalue weighted by atomic mass is 127. The second kappa shape index (κ2) is 9.35. The molecule has 0 aliphatic rings. The van der Waals surface area contributed by atoms with E-state index in [0.29, 0.717) is 9.71 Å². The molecule has 0 N–H and O–H groups in total. The predicted molar refractivity (Wildman–Crippen MR) is 84.9 cm³/mol. The van der Waals surface area contributed by atoms with Crippen molar-refractivity contribution in [3.05, 3.63) is 0 Å². The van der Waals surface area contributed by atoms with Crippen molar-refractivity contribution in [1.82, 2.24) is 0 Å². The standard InChI is InChI=1S/C15H29IO/c1-5-6-7-8-9-10-11-13(16)12-14(17)15(2,3)4/h13H,5-12H2,1-4H3. The number of halogens is 1. The lowest BCUT2D eigenvalue weighted by Gasteiger charge is -2.18. The number of carbonyl (C=O) groups is 1. The summed E-state index contributed by atoms with van der Waals surface area (Å²) in [4.78, 5) is 11.8. The van der Waals surface area contributed by atoms with Crippen LogP contribution in [0.4, 0.5) is 0 Å². The summed E-state index contributed by atoms with van der Waals surface area (Å²) in [6.45, 7) is 8.30. The average Bonchev–Trinajstić information content (AvgIpc) is 2.21. The Morgan fingerprint density at radius 1 is 1.06 bits per heavy atom. The van der Waals surface area contributed by atoms with Gasteiger partial charge < -0.3 is 0 Å². The molecule has 0 saturated heterocycles. The molecule has 0 radical (unpaired) electrons. The molecule has 17 heavy (non-hydrogen) atoms. The molecular weight excluding hydrogens is 323 g/mol. The smallest absolute Gasteiger partial charge is 0.139 e. The van der Waals surface area contributed by atoms with E-state index in [1.165, 1.54) is 44.9 Å². The molecule has 1 nitrogen and oxygen atoms in total. The van der Waals surface area contributed by atoms with Gasteiger partial charge in [-0.05, 0) is 6.42 Å². The maximum Gasteiger partial charge on any atom is 0.139 e. The second-order valence-corrected chi connectivity index (χ2v) is 7.79. The average molecular weight is 352 g/mol. The molecule has 0 aliphatic heterocycles. The number of Topliss-reactive ketones (excluding diaryl/α,β-unsaturated/α-hetero) is 1. The Morgan fingerprint density at radius 3 is 2.12 bits per heavy atom. The van der Waals surface area contributed by atoms with Gasteiger partial charge in [-0.15, -0.1) is 0 Å². The van der Waals surface area contributed by atoms with Crippen LogP contribution < -0.4 is 0 Å². The van der Waals surface area contributed by atoms with Crippen LogP contribution in [0.15, 0.2) is 0 Å². The van der Waals surface area contributed by atoms with Crippen LogP contribution in [0.3, 0.4) is 0 Å². The summed E-state index contributed by atoms with van der Waals surface area (Å²) in [6, 6.07) is 0. The largest absolute Gasteiger partial charge is 0.299 e. The summed E-state index contributed by atoms with van der Waals surface area (Å²) in [7, 11) is 0. The molecule has 1 unspecified atom stereocenters. The van der Waals surface area contributed by atoms with E-state index in [9.17, 15) is 4.79 Å².